The molecular formula is C13H12BrClN2S. The van der Waals surface area contributed by atoms with Gasteiger partial charge in [-0.3, -0.25) is 0 Å². The number of nitrogens with one attached hydrogen (secondary N) is 1. The highest BCUT2D eigenvalue weighted by Crippen LogP contribution is 2.33. The van der Waals surface area contributed by atoms with Crippen LogP contribution in [-0.2, 0) is 6.54 Å². The fourth-order valence-corrected chi connectivity index (χ4v) is 3.21. The molecule has 0 spiro atoms. The highest BCUT2D eigenvalue weighted by atomic mass is 79.9. The lowest BCUT2D eigenvalue weighted by atomic mass is 10.2. The average molecular weight is 344 g/mol. The van der Waals surface area contributed by atoms with E-state index >= 15 is 0 Å². The molecule has 2 aromatic rings. The summed E-state index contributed by atoms with van der Waals surface area (Å²) < 4.78 is 1.09. The normalized spacial score (nSPS) is 10.6. The van der Waals surface area contributed by atoms with E-state index in [4.69, 9.17) is 11.6 Å². The van der Waals surface area contributed by atoms with Crippen LogP contribution in [0.4, 0.5) is 0 Å². The maximum Gasteiger partial charge on any atom is 0.119 e. The van der Waals surface area contributed by atoms with Crippen LogP contribution in [0.5, 0.6) is 0 Å². The Balaban J connectivity index is 2.20. The number of hydrogen-bond donors (Lipinski definition) is 1. The van der Waals surface area contributed by atoms with E-state index < -0.39 is 0 Å². The first-order valence-corrected chi connectivity index (χ1v) is 7.41. The van der Waals surface area contributed by atoms with Crippen LogP contribution in [-0.4, -0.2) is 12.0 Å². The van der Waals surface area contributed by atoms with Crippen molar-refractivity contribution < 1.29 is 0 Å². The molecule has 0 aliphatic rings. The second kappa shape index (κ2) is 6.57. The number of rotatable bonds is 4. The molecule has 0 unspecified atom stereocenters. The van der Waals surface area contributed by atoms with Crippen molar-refractivity contribution in [3.05, 3.63) is 51.6 Å². The minimum atomic E-state index is 0.679. The van der Waals surface area contributed by atoms with Gasteiger partial charge in [-0.15, -0.1) is 0 Å². The van der Waals surface area contributed by atoms with Crippen molar-refractivity contribution in [3.8, 4) is 0 Å². The standard InChI is InChI=1S/C13H12BrClN2S/c1-16-8-9-4-5-10(7-11(9)14)18-13-12(15)3-2-6-17-13/h2-7,16H,8H2,1H3. The predicted octanol–water partition coefficient (Wildman–Crippen LogP) is 4.37. The summed E-state index contributed by atoms with van der Waals surface area (Å²) in [7, 11) is 1.93. The van der Waals surface area contributed by atoms with Crippen molar-refractivity contribution in [2.75, 3.05) is 7.05 Å². The number of benzene rings is 1. The first-order valence-electron chi connectivity index (χ1n) is 5.42. The SMILES string of the molecule is CNCc1ccc(Sc2ncccc2Cl)cc1Br. The molecule has 0 saturated heterocycles. The van der Waals surface area contributed by atoms with Gasteiger partial charge in [-0.05, 0) is 36.9 Å². The smallest absolute Gasteiger partial charge is 0.119 e. The summed E-state index contributed by atoms with van der Waals surface area (Å²) >= 11 is 11.2. The lowest BCUT2D eigenvalue weighted by Crippen LogP contribution is -2.05. The van der Waals surface area contributed by atoms with E-state index in [0.717, 1.165) is 20.9 Å². The second-order valence-corrected chi connectivity index (χ2v) is 6.00. The Morgan fingerprint density at radius 1 is 1.39 bits per heavy atom. The van der Waals surface area contributed by atoms with Crippen molar-refractivity contribution in [1.82, 2.24) is 10.3 Å². The molecule has 1 aromatic heterocycles. The van der Waals surface area contributed by atoms with Gasteiger partial charge in [0, 0.05) is 22.1 Å². The summed E-state index contributed by atoms with van der Waals surface area (Å²) in [5, 5.41) is 4.64. The van der Waals surface area contributed by atoms with Crippen LogP contribution < -0.4 is 5.32 Å². The number of nitrogens with zero attached hydrogens (tertiary/aromatic N) is 1. The van der Waals surface area contributed by atoms with Crippen molar-refractivity contribution >= 4 is 39.3 Å². The Bertz CT molecular complexity index is 548. The Hall–Kier alpha value is -0.550. The predicted molar refractivity (Wildman–Crippen MR) is 80.3 cm³/mol. The van der Waals surface area contributed by atoms with Crippen LogP contribution in [0.3, 0.4) is 0 Å². The molecule has 0 amide bonds. The molecule has 1 N–H and O–H groups in total. The van der Waals surface area contributed by atoms with Gasteiger partial charge in [-0.2, -0.15) is 0 Å². The summed E-state index contributed by atoms with van der Waals surface area (Å²) in [6.07, 6.45) is 1.75. The summed E-state index contributed by atoms with van der Waals surface area (Å²) in [6, 6.07) is 9.94. The zero-order valence-electron chi connectivity index (χ0n) is 9.78. The number of aromatic nitrogens is 1. The Kier molecular flexibility index (Phi) is 5.06. The minimum absolute atomic E-state index is 0.679. The fraction of sp³-hybridized carbons (Fsp3) is 0.154. The summed E-state index contributed by atoms with van der Waals surface area (Å²) in [6.45, 7) is 0.843. The van der Waals surface area contributed by atoms with Crippen molar-refractivity contribution in [3.63, 3.8) is 0 Å². The van der Waals surface area contributed by atoms with Crippen LogP contribution in [0, 0.1) is 0 Å². The van der Waals surface area contributed by atoms with Gasteiger partial charge in [0.1, 0.15) is 5.03 Å². The topological polar surface area (TPSA) is 24.9 Å². The molecule has 0 atom stereocenters. The zero-order chi connectivity index (χ0) is 13.0. The molecule has 0 aliphatic carbocycles. The second-order valence-electron chi connectivity index (χ2n) is 3.68. The monoisotopic (exact) mass is 342 g/mol. The summed E-state index contributed by atoms with van der Waals surface area (Å²) in [5.74, 6) is 0. The highest BCUT2D eigenvalue weighted by molar-refractivity contribution is 9.10. The molecule has 0 radical (unpaired) electrons. The third-order valence-electron chi connectivity index (χ3n) is 2.33. The van der Waals surface area contributed by atoms with Gasteiger partial charge in [-0.1, -0.05) is 45.4 Å². The van der Waals surface area contributed by atoms with Gasteiger partial charge >= 0.3 is 0 Å². The maximum absolute atomic E-state index is 6.09. The van der Waals surface area contributed by atoms with Crippen molar-refractivity contribution in [2.24, 2.45) is 0 Å². The van der Waals surface area contributed by atoms with Crippen molar-refractivity contribution in [2.45, 2.75) is 16.5 Å². The van der Waals surface area contributed by atoms with E-state index in [-0.39, 0.29) is 0 Å². The molecule has 94 valence electrons. The minimum Gasteiger partial charge on any atom is -0.316 e. The summed E-state index contributed by atoms with van der Waals surface area (Å²) in [5.41, 5.74) is 1.23. The molecule has 1 aromatic carbocycles. The number of halogens is 2. The fourth-order valence-electron chi connectivity index (χ4n) is 1.48. The molecule has 2 nitrogen and oxygen atoms in total. The quantitative estimate of drug-likeness (QED) is 0.892. The first kappa shape index (κ1) is 13.9. The summed E-state index contributed by atoms with van der Waals surface area (Å²) in [4.78, 5) is 5.38. The average Bonchev–Trinajstić information content (AvgIpc) is 2.36. The van der Waals surface area contributed by atoms with E-state index in [2.05, 4.69) is 44.4 Å². The van der Waals surface area contributed by atoms with Gasteiger partial charge in [0.05, 0.1) is 5.02 Å². The van der Waals surface area contributed by atoms with Gasteiger partial charge in [0.2, 0.25) is 0 Å². The van der Waals surface area contributed by atoms with Gasteiger partial charge in [0.25, 0.3) is 0 Å². The molecule has 1 heterocycles. The molecular weight excluding hydrogens is 332 g/mol. The van der Waals surface area contributed by atoms with Crippen LogP contribution in [0.1, 0.15) is 5.56 Å². The molecule has 0 aliphatic heterocycles. The van der Waals surface area contributed by atoms with E-state index in [1.165, 1.54) is 5.56 Å². The van der Waals surface area contributed by atoms with Gasteiger partial charge in [0.15, 0.2) is 0 Å². The zero-order valence-corrected chi connectivity index (χ0v) is 12.9. The molecule has 18 heavy (non-hydrogen) atoms. The number of pyridine rings is 1. The third-order valence-corrected chi connectivity index (χ3v) is 4.49. The molecule has 0 saturated carbocycles. The molecule has 0 fully saturated rings. The van der Waals surface area contributed by atoms with Gasteiger partial charge < -0.3 is 5.32 Å². The Morgan fingerprint density at radius 3 is 2.89 bits per heavy atom. The van der Waals surface area contributed by atoms with E-state index in [9.17, 15) is 0 Å². The molecule has 0 bridgehead atoms. The Labute approximate surface area is 124 Å². The number of hydrogen-bond acceptors (Lipinski definition) is 3. The van der Waals surface area contributed by atoms with Gasteiger partial charge in [-0.25, -0.2) is 4.98 Å². The molecule has 5 heteroatoms. The van der Waals surface area contributed by atoms with Crippen LogP contribution in [0.2, 0.25) is 5.02 Å². The largest absolute Gasteiger partial charge is 0.316 e. The van der Waals surface area contributed by atoms with Crippen LogP contribution in [0.15, 0.2) is 50.9 Å². The van der Waals surface area contributed by atoms with Crippen LogP contribution in [0.25, 0.3) is 0 Å². The van der Waals surface area contributed by atoms with E-state index in [0.29, 0.717) is 5.02 Å². The van der Waals surface area contributed by atoms with Crippen molar-refractivity contribution in [1.29, 1.82) is 0 Å². The first-order chi connectivity index (χ1) is 8.70. The lowest BCUT2D eigenvalue weighted by molar-refractivity contribution is 0.813. The lowest BCUT2D eigenvalue weighted by Gasteiger charge is -2.07. The van der Waals surface area contributed by atoms with Crippen LogP contribution >= 0.6 is 39.3 Å². The maximum atomic E-state index is 6.09. The highest BCUT2D eigenvalue weighted by Gasteiger charge is 2.06. The van der Waals surface area contributed by atoms with E-state index in [1.54, 1.807) is 18.0 Å². The van der Waals surface area contributed by atoms with E-state index in [1.807, 2.05) is 19.2 Å². The Morgan fingerprint density at radius 2 is 2.22 bits per heavy atom. The molecule has 2 rings (SSSR count). The third kappa shape index (κ3) is 3.48.